The van der Waals surface area contributed by atoms with Crippen molar-refractivity contribution in [3.05, 3.63) is 28.0 Å². The van der Waals surface area contributed by atoms with Crippen LogP contribution in [-0.2, 0) is 16.1 Å². The Kier molecular flexibility index (Phi) is 5.90. The lowest BCUT2D eigenvalue weighted by Gasteiger charge is -2.14. The number of nitrogens with zero attached hydrogens (tertiary/aromatic N) is 1. The summed E-state index contributed by atoms with van der Waals surface area (Å²) in [7, 11) is 3.72. The molecule has 0 atom stereocenters. The first-order valence-electron chi connectivity index (χ1n) is 5.29. The van der Waals surface area contributed by atoms with E-state index in [0.29, 0.717) is 6.61 Å². The molecule has 1 aromatic rings. The first kappa shape index (κ1) is 13.9. The summed E-state index contributed by atoms with van der Waals surface area (Å²) in [5.74, 6) is -0.919. The molecular weight excluding hydrogens is 238 g/mol. The molecule has 17 heavy (non-hydrogen) atoms. The molecule has 0 saturated heterocycles. The van der Waals surface area contributed by atoms with Gasteiger partial charge in [-0.3, -0.25) is 4.90 Å². The lowest BCUT2D eigenvalue weighted by molar-refractivity contribution is -0.131. The summed E-state index contributed by atoms with van der Waals surface area (Å²) in [6.07, 6.45) is 2.77. The summed E-state index contributed by atoms with van der Waals surface area (Å²) in [5.41, 5.74) is 0. The lowest BCUT2D eigenvalue weighted by Crippen LogP contribution is -2.21. The molecule has 94 valence electrons. The Balaban J connectivity index is 2.47. The van der Waals surface area contributed by atoms with E-state index in [9.17, 15) is 4.79 Å². The van der Waals surface area contributed by atoms with Crippen molar-refractivity contribution in [1.82, 2.24) is 4.90 Å². The highest BCUT2D eigenvalue weighted by Crippen LogP contribution is 2.19. The molecule has 0 spiro atoms. The molecule has 0 aliphatic rings. The predicted octanol–water partition coefficient (Wildman–Crippen LogP) is 1.92. The van der Waals surface area contributed by atoms with Gasteiger partial charge in [-0.05, 0) is 25.3 Å². The molecule has 1 heterocycles. The number of carboxylic acids is 1. The van der Waals surface area contributed by atoms with Gasteiger partial charge in [-0.1, -0.05) is 0 Å². The van der Waals surface area contributed by atoms with Crippen molar-refractivity contribution in [2.75, 3.05) is 27.3 Å². The maximum atomic E-state index is 10.4. The van der Waals surface area contributed by atoms with Crippen LogP contribution in [0.2, 0.25) is 0 Å². The van der Waals surface area contributed by atoms with E-state index >= 15 is 0 Å². The van der Waals surface area contributed by atoms with Crippen molar-refractivity contribution in [3.8, 4) is 0 Å². The third-order valence-corrected chi connectivity index (χ3v) is 3.21. The van der Waals surface area contributed by atoms with E-state index in [1.807, 2.05) is 19.2 Å². The van der Waals surface area contributed by atoms with Gasteiger partial charge in [-0.25, -0.2) is 4.79 Å². The second-order valence-electron chi connectivity index (χ2n) is 3.71. The van der Waals surface area contributed by atoms with Gasteiger partial charge in [0.05, 0.1) is 6.61 Å². The minimum absolute atomic E-state index is 0.716. The van der Waals surface area contributed by atoms with Crippen LogP contribution in [0, 0.1) is 0 Å². The highest BCUT2D eigenvalue weighted by Gasteiger charge is 2.02. The van der Waals surface area contributed by atoms with E-state index < -0.39 is 5.97 Å². The smallest absolute Gasteiger partial charge is 0.328 e. The molecule has 0 bridgehead atoms. The Morgan fingerprint density at radius 2 is 2.35 bits per heavy atom. The fourth-order valence-electron chi connectivity index (χ4n) is 1.31. The molecule has 1 rings (SSSR count). The number of thiophene rings is 1. The topological polar surface area (TPSA) is 49.8 Å². The van der Waals surface area contributed by atoms with Crippen LogP contribution in [0.4, 0.5) is 0 Å². The number of carbonyl (C=O) groups is 1. The summed E-state index contributed by atoms with van der Waals surface area (Å²) in [4.78, 5) is 14.7. The molecule has 0 saturated carbocycles. The molecule has 0 amide bonds. The van der Waals surface area contributed by atoms with E-state index in [-0.39, 0.29) is 0 Å². The first-order chi connectivity index (χ1) is 8.11. The standard InChI is InChI=1S/C12H17NO3S/c1-13(7-8-16-2)9-11-4-3-10(17-11)5-6-12(14)15/h3-6H,7-9H2,1-2H3,(H,14,15). The zero-order chi connectivity index (χ0) is 12.7. The zero-order valence-corrected chi connectivity index (χ0v) is 10.9. The summed E-state index contributed by atoms with van der Waals surface area (Å²) >= 11 is 1.60. The number of ether oxygens (including phenoxy) is 1. The molecule has 0 aromatic carbocycles. The van der Waals surface area contributed by atoms with Crippen molar-refractivity contribution in [3.63, 3.8) is 0 Å². The minimum Gasteiger partial charge on any atom is -0.478 e. The Bertz CT molecular complexity index is 387. The van der Waals surface area contributed by atoms with Crippen LogP contribution in [0.15, 0.2) is 18.2 Å². The number of hydrogen-bond acceptors (Lipinski definition) is 4. The lowest BCUT2D eigenvalue weighted by atomic mass is 10.4. The van der Waals surface area contributed by atoms with Gasteiger partial charge in [0.15, 0.2) is 0 Å². The Morgan fingerprint density at radius 3 is 3.00 bits per heavy atom. The normalized spacial score (nSPS) is 11.5. The van der Waals surface area contributed by atoms with Gasteiger partial charge < -0.3 is 9.84 Å². The van der Waals surface area contributed by atoms with Crippen LogP contribution in [0.25, 0.3) is 6.08 Å². The highest BCUT2D eigenvalue weighted by atomic mass is 32.1. The van der Waals surface area contributed by atoms with E-state index in [1.165, 1.54) is 4.88 Å². The summed E-state index contributed by atoms with van der Waals surface area (Å²) in [6.45, 7) is 2.46. The zero-order valence-electron chi connectivity index (χ0n) is 10.0. The van der Waals surface area contributed by atoms with Crippen molar-refractivity contribution < 1.29 is 14.6 Å². The Morgan fingerprint density at radius 1 is 1.59 bits per heavy atom. The molecule has 0 unspecified atom stereocenters. The monoisotopic (exact) mass is 255 g/mol. The Labute approximate surface area is 105 Å². The molecule has 0 aliphatic carbocycles. The van der Waals surface area contributed by atoms with Crippen molar-refractivity contribution >= 4 is 23.4 Å². The van der Waals surface area contributed by atoms with Crippen LogP contribution in [0.5, 0.6) is 0 Å². The summed E-state index contributed by atoms with van der Waals surface area (Å²) < 4.78 is 5.01. The molecule has 0 radical (unpaired) electrons. The third-order valence-electron chi connectivity index (χ3n) is 2.18. The average Bonchev–Trinajstić information content (AvgIpc) is 2.71. The quantitative estimate of drug-likeness (QED) is 0.756. The number of rotatable bonds is 7. The number of carboxylic acid groups (broad SMARTS) is 1. The van der Waals surface area contributed by atoms with Gasteiger partial charge in [0, 0.05) is 36.0 Å². The SMILES string of the molecule is COCCN(C)Cc1ccc(C=CC(=O)O)s1. The van der Waals surface area contributed by atoms with Gasteiger partial charge in [-0.15, -0.1) is 11.3 Å². The fourth-order valence-corrected chi connectivity index (χ4v) is 2.31. The largest absolute Gasteiger partial charge is 0.478 e. The second kappa shape index (κ2) is 7.21. The third kappa shape index (κ3) is 5.63. The van der Waals surface area contributed by atoms with Gasteiger partial charge >= 0.3 is 5.97 Å². The molecule has 5 heteroatoms. The van der Waals surface area contributed by atoms with E-state index in [1.54, 1.807) is 24.5 Å². The summed E-state index contributed by atoms with van der Waals surface area (Å²) in [6, 6.07) is 3.96. The van der Waals surface area contributed by atoms with E-state index in [2.05, 4.69) is 4.90 Å². The first-order valence-corrected chi connectivity index (χ1v) is 6.10. The van der Waals surface area contributed by atoms with Crippen LogP contribution in [0.3, 0.4) is 0 Å². The van der Waals surface area contributed by atoms with Gasteiger partial charge in [0.2, 0.25) is 0 Å². The maximum absolute atomic E-state index is 10.4. The van der Waals surface area contributed by atoms with Crippen LogP contribution >= 0.6 is 11.3 Å². The van der Waals surface area contributed by atoms with Crippen molar-refractivity contribution in [1.29, 1.82) is 0 Å². The maximum Gasteiger partial charge on any atom is 0.328 e. The van der Waals surface area contributed by atoms with Crippen molar-refractivity contribution in [2.24, 2.45) is 0 Å². The van der Waals surface area contributed by atoms with Crippen LogP contribution in [0.1, 0.15) is 9.75 Å². The van der Waals surface area contributed by atoms with E-state index in [0.717, 1.165) is 24.0 Å². The predicted molar refractivity (Wildman–Crippen MR) is 69.2 cm³/mol. The fraction of sp³-hybridized carbons (Fsp3) is 0.417. The van der Waals surface area contributed by atoms with Crippen LogP contribution < -0.4 is 0 Å². The molecular formula is C12H17NO3S. The van der Waals surface area contributed by atoms with Gasteiger partial charge in [0.25, 0.3) is 0 Å². The van der Waals surface area contributed by atoms with E-state index in [4.69, 9.17) is 9.84 Å². The average molecular weight is 255 g/mol. The summed E-state index contributed by atoms with van der Waals surface area (Å²) in [5, 5.41) is 8.52. The molecule has 1 N–H and O–H groups in total. The minimum atomic E-state index is -0.919. The molecule has 4 nitrogen and oxygen atoms in total. The molecule has 0 fully saturated rings. The van der Waals surface area contributed by atoms with Crippen LogP contribution in [-0.4, -0.2) is 43.3 Å². The molecule has 0 aliphatic heterocycles. The second-order valence-corrected chi connectivity index (χ2v) is 4.91. The molecule has 1 aromatic heterocycles. The highest BCUT2D eigenvalue weighted by molar-refractivity contribution is 7.12. The number of methoxy groups -OCH3 is 1. The Hall–Kier alpha value is -1.17. The number of likely N-dealkylation sites (N-methyl/N-ethyl adjacent to an activating group) is 1. The number of aliphatic carboxylic acids is 1. The van der Waals surface area contributed by atoms with Gasteiger partial charge in [-0.2, -0.15) is 0 Å². The van der Waals surface area contributed by atoms with Gasteiger partial charge in [0.1, 0.15) is 0 Å². The number of hydrogen-bond donors (Lipinski definition) is 1. The van der Waals surface area contributed by atoms with Crippen molar-refractivity contribution in [2.45, 2.75) is 6.54 Å².